The first-order chi connectivity index (χ1) is 6.51. The summed E-state index contributed by atoms with van der Waals surface area (Å²) in [5, 5.41) is 2.47. The summed E-state index contributed by atoms with van der Waals surface area (Å²) < 4.78 is 21.9. The van der Waals surface area contributed by atoms with Crippen molar-refractivity contribution in [2.24, 2.45) is 0 Å². The molecule has 0 fully saturated rings. The van der Waals surface area contributed by atoms with E-state index in [0.717, 1.165) is 0 Å². The lowest BCUT2D eigenvalue weighted by Gasteiger charge is -2.01. The quantitative estimate of drug-likeness (QED) is 0.752. The number of hydrogen-bond donors (Lipinski definition) is 1. The number of anilines is 1. The molecule has 1 aromatic carbocycles. The van der Waals surface area contributed by atoms with Crippen molar-refractivity contribution in [1.82, 2.24) is 0 Å². The minimum atomic E-state index is -2.99. The van der Waals surface area contributed by atoms with E-state index < -0.39 is 9.84 Å². The smallest absolute Gasteiger partial charge is 0.211 e. The Morgan fingerprint density at radius 3 is 2.29 bits per heavy atom. The molecule has 0 heterocycles. The highest BCUT2D eigenvalue weighted by atomic mass is 32.2. The van der Waals surface area contributed by atoms with E-state index in [1.807, 2.05) is 0 Å². The molecule has 0 aromatic heterocycles. The summed E-state index contributed by atoms with van der Waals surface area (Å²) in [5.41, 5.74) is 1.36. The van der Waals surface area contributed by atoms with Gasteiger partial charge >= 0.3 is 0 Å². The molecule has 0 atom stereocenters. The summed E-state index contributed by atoms with van der Waals surface area (Å²) in [6.45, 7) is 0. The highest BCUT2D eigenvalue weighted by Gasteiger charge is 2.03. The maximum Gasteiger partial charge on any atom is 0.211 e. The zero-order valence-electron chi connectivity index (χ0n) is 7.73. The van der Waals surface area contributed by atoms with Gasteiger partial charge in [-0.3, -0.25) is 4.79 Å². The van der Waals surface area contributed by atoms with Crippen LogP contribution in [0.1, 0.15) is 5.56 Å². The average molecular weight is 213 g/mol. The lowest BCUT2D eigenvalue weighted by atomic mass is 10.2. The van der Waals surface area contributed by atoms with Crippen molar-refractivity contribution < 1.29 is 13.2 Å². The molecule has 0 aliphatic carbocycles. The first kappa shape index (κ1) is 10.7. The van der Waals surface area contributed by atoms with E-state index in [9.17, 15) is 13.2 Å². The Balaban J connectivity index is 2.78. The Morgan fingerprint density at radius 2 is 1.86 bits per heavy atom. The van der Waals surface area contributed by atoms with Gasteiger partial charge in [0.25, 0.3) is 0 Å². The highest BCUT2D eigenvalue weighted by molar-refractivity contribution is 7.89. The SMILES string of the molecule is CS(=O)(=O)Cc1ccc(NC=O)cc1. The Bertz CT molecular complexity index is 408. The van der Waals surface area contributed by atoms with Gasteiger partial charge in [0.15, 0.2) is 9.84 Å². The van der Waals surface area contributed by atoms with E-state index in [0.29, 0.717) is 17.7 Å². The summed E-state index contributed by atoms with van der Waals surface area (Å²) in [7, 11) is -2.99. The molecule has 0 saturated carbocycles. The molecule has 1 rings (SSSR count). The van der Waals surface area contributed by atoms with Crippen molar-refractivity contribution in [2.45, 2.75) is 5.75 Å². The molecular formula is C9H11NO3S. The Labute approximate surface area is 82.9 Å². The van der Waals surface area contributed by atoms with E-state index in [1.165, 1.54) is 6.26 Å². The van der Waals surface area contributed by atoms with Crippen molar-refractivity contribution in [3.05, 3.63) is 29.8 Å². The van der Waals surface area contributed by atoms with Crippen LogP contribution in [0.3, 0.4) is 0 Å². The van der Waals surface area contributed by atoms with Crippen LogP contribution in [-0.2, 0) is 20.4 Å². The Kier molecular flexibility index (Phi) is 3.24. The van der Waals surface area contributed by atoms with E-state index in [1.54, 1.807) is 24.3 Å². The molecular weight excluding hydrogens is 202 g/mol. The van der Waals surface area contributed by atoms with Crippen LogP contribution >= 0.6 is 0 Å². The predicted molar refractivity (Wildman–Crippen MR) is 54.7 cm³/mol. The maximum absolute atomic E-state index is 10.9. The van der Waals surface area contributed by atoms with E-state index in [4.69, 9.17) is 0 Å². The molecule has 1 amide bonds. The van der Waals surface area contributed by atoms with Crippen molar-refractivity contribution in [3.8, 4) is 0 Å². The Morgan fingerprint density at radius 1 is 1.29 bits per heavy atom. The monoisotopic (exact) mass is 213 g/mol. The summed E-state index contributed by atoms with van der Waals surface area (Å²) in [4.78, 5) is 10.1. The van der Waals surface area contributed by atoms with Crippen LogP contribution in [0.4, 0.5) is 5.69 Å². The molecule has 4 nitrogen and oxygen atoms in total. The molecule has 14 heavy (non-hydrogen) atoms. The number of hydrogen-bond acceptors (Lipinski definition) is 3. The fourth-order valence-electron chi connectivity index (χ4n) is 1.07. The first-order valence-electron chi connectivity index (χ1n) is 3.98. The van der Waals surface area contributed by atoms with Gasteiger partial charge in [-0.25, -0.2) is 8.42 Å². The zero-order valence-corrected chi connectivity index (χ0v) is 8.54. The molecule has 76 valence electrons. The summed E-state index contributed by atoms with van der Waals surface area (Å²) in [6.07, 6.45) is 1.76. The third-order valence-corrected chi connectivity index (χ3v) is 2.47. The number of benzene rings is 1. The summed E-state index contributed by atoms with van der Waals surface area (Å²) in [6, 6.07) is 6.67. The molecule has 0 aliphatic rings. The number of nitrogens with one attached hydrogen (secondary N) is 1. The van der Waals surface area contributed by atoms with Crippen molar-refractivity contribution in [1.29, 1.82) is 0 Å². The third kappa shape index (κ3) is 3.57. The fraction of sp³-hybridized carbons (Fsp3) is 0.222. The van der Waals surface area contributed by atoms with E-state index >= 15 is 0 Å². The zero-order chi connectivity index (χ0) is 10.6. The van der Waals surface area contributed by atoms with Crippen LogP contribution in [0.25, 0.3) is 0 Å². The van der Waals surface area contributed by atoms with Gasteiger partial charge in [0.1, 0.15) is 0 Å². The molecule has 1 aromatic rings. The van der Waals surface area contributed by atoms with Crippen LogP contribution in [0.5, 0.6) is 0 Å². The lowest BCUT2D eigenvalue weighted by Crippen LogP contribution is -2.01. The van der Waals surface area contributed by atoms with Gasteiger partial charge < -0.3 is 5.32 Å². The fourth-order valence-corrected chi connectivity index (χ4v) is 1.87. The molecule has 0 radical (unpaired) electrons. The van der Waals surface area contributed by atoms with Crippen LogP contribution in [0.2, 0.25) is 0 Å². The van der Waals surface area contributed by atoms with Gasteiger partial charge in [-0.1, -0.05) is 12.1 Å². The Hall–Kier alpha value is -1.36. The lowest BCUT2D eigenvalue weighted by molar-refractivity contribution is -0.105. The van der Waals surface area contributed by atoms with Crippen LogP contribution in [-0.4, -0.2) is 21.1 Å². The second kappa shape index (κ2) is 4.23. The first-order valence-corrected chi connectivity index (χ1v) is 6.04. The molecule has 1 N–H and O–H groups in total. The second-order valence-corrected chi connectivity index (χ2v) is 5.17. The van der Waals surface area contributed by atoms with Crippen molar-refractivity contribution in [2.75, 3.05) is 11.6 Å². The molecule has 5 heteroatoms. The maximum atomic E-state index is 10.9. The number of amides is 1. The molecule has 0 saturated heterocycles. The van der Waals surface area contributed by atoms with E-state index in [-0.39, 0.29) is 5.75 Å². The number of sulfone groups is 1. The average Bonchev–Trinajstić information content (AvgIpc) is 2.06. The highest BCUT2D eigenvalue weighted by Crippen LogP contribution is 2.10. The van der Waals surface area contributed by atoms with Gasteiger partial charge in [0, 0.05) is 11.9 Å². The predicted octanol–water partition coefficient (Wildman–Crippen LogP) is 0.800. The van der Waals surface area contributed by atoms with Crippen LogP contribution in [0.15, 0.2) is 24.3 Å². The number of carbonyl (C=O) groups excluding carboxylic acids is 1. The summed E-state index contributed by atoms with van der Waals surface area (Å²) in [5.74, 6) is 0.0222. The molecule has 0 spiro atoms. The number of rotatable bonds is 4. The van der Waals surface area contributed by atoms with E-state index in [2.05, 4.69) is 5.32 Å². The minimum absolute atomic E-state index is 0.0222. The molecule has 0 bridgehead atoms. The van der Waals surface area contributed by atoms with Gasteiger partial charge in [0.2, 0.25) is 6.41 Å². The van der Waals surface area contributed by atoms with Crippen LogP contribution in [0, 0.1) is 0 Å². The number of carbonyl (C=O) groups is 1. The van der Waals surface area contributed by atoms with Crippen molar-refractivity contribution >= 4 is 21.9 Å². The van der Waals surface area contributed by atoms with Crippen molar-refractivity contribution in [3.63, 3.8) is 0 Å². The van der Waals surface area contributed by atoms with Crippen LogP contribution < -0.4 is 5.32 Å². The third-order valence-electron chi connectivity index (χ3n) is 1.61. The largest absolute Gasteiger partial charge is 0.329 e. The van der Waals surface area contributed by atoms with Gasteiger partial charge in [-0.2, -0.15) is 0 Å². The van der Waals surface area contributed by atoms with Gasteiger partial charge in [-0.05, 0) is 17.7 Å². The van der Waals surface area contributed by atoms with Gasteiger partial charge in [0.05, 0.1) is 5.75 Å². The second-order valence-electron chi connectivity index (χ2n) is 3.03. The molecule has 0 aliphatic heterocycles. The molecule has 0 unspecified atom stereocenters. The normalized spacial score (nSPS) is 10.9. The summed E-state index contributed by atoms with van der Waals surface area (Å²) >= 11 is 0. The topological polar surface area (TPSA) is 63.2 Å². The minimum Gasteiger partial charge on any atom is -0.329 e. The standard InChI is InChI=1S/C9H11NO3S/c1-14(12,13)6-8-2-4-9(5-3-8)10-7-11/h2-5,7H,6H2,1H3,(H,10,11). The van der Waals surface area contributed by atoms with Gasteiger partial charge in [-0.15, -0.1) is 0 Å².